The number of nitrogens with zero attached hydrogens (tertiary/aromatic N) is 1. The van der Waals surface area contributed by atoms with Crippen LogP contribution in [0.15, 0.2) is 34.8 Å². The Balaban J connectivity index is 1.86. The second kappa shape index (κ2) is 15.8. The molecule has 0 saturated carbocycles. The minimum atomic E-state index is 0.328. The fourth-order valence-corrected chi connectivity index (χ4v) is 4.63. The van der Waals surface area contributed by atoms with Crippen molar-refractivity contribution in [2.45, 2.75) is 59.1 Å². The fraction of sp³-hybridized carbons (Fsp3) is 0.538. The van der Waals surface area contributed by atoms with E-state index >= 15 is 0 Å². The Labute approximate surface area is 218 Å². The van der Waals surface area contributed by atoms with Crippen molar-refractivity contribution < 1.29 is 9.47 Å². The summed E-state index contributed by atoms with van der Waals surface area (Å²) < 4.78 is 12.5. The lowest BCUT2D eigenvalue weighted by molar-refractivity contribution is 0.261. The highest BCUT2D eigenvalue weighted by Crippen LogP contribution is 2.37. The predicted molar refractivity (Wildman–Crippen MR) is 144 cm³/mol. The van der Waals surface area contributed by atoms with Gasteiger partial charge in [0.25, 0.3) is 0 Å². The van der Waals surface area contributed by atoms with Crippen LogP contribution in [0.3, 0.4) is 0 Å². The third kappa shape index (κ3) is 10.0. The molecule has 4 nitrogen and oxygen atoms in total. The molecule has 0 spiro atoms. The molecule has 0 radical (unpaired) electrons. The van der Waals surface area contributed by atoms with Crippen LogP contribution in [-0.2, 0) is 13.2 Å². The van der Waals surface area contributed by atoms with E-state index in [2.05, 4.69) is 46.1 Å². The predicted octanol–water partition coefficient (Wildman–Crippen LogP) is 7.73. The van der Waals surface area contributed by atoms with Crippen molar-refractivity contribution in [3.63, 3.8) is 0 Å². The standard InChI is InChI=1S/C26H37BrCl2N2O2/c1-4-6-12-31(13-7-5-2)14-8-11-30-18-20-15-23(27)26(25(16-20)32-3)33-19-21-9-10-22(28)17-24(21)29/h9-10,15-17,30H,4-8,11-14,18-19H2,1-3H3. The first kappa shape index (κ1) is 28.3. The number of nitrogens with one attached hydrogen (secondary N) is 1. The minimum Gasteiger partial charge on any atom is -0.493 e. The average molecular weight is 560 g/mol. The van der Waals surface area contributed by atoms with Gasteiger partial charge in [0.2, 0.25) is 0 Å². The first-order valence-corrected chi connectivity index (χ1v) is 13.4. The molecule has 1 N–H and O–H groups in total. The maximum absolute atomic E-state index is 6.27. The van der Waals surface area contributed by atoms with Crippen LogP contribution in [-0.4, -0.2) is 38.2 Å². The lowest BCUT2D eigenvalue weighted by Gasteiger charge is -2.22. The Kier molecular flexibility index (Phi) is 13.6. The van der Waals surface area contributed by atoms with Crippen LogP contribution in [0.1, 0.15) is 57.1 Å². The number of unbranched alkanes of at least 4 members (excludes halogenated alkanes) is 2. The van der Waals surface area contributed by atoms with Crippen molar-refractivity contribution in [1.82, 2.24) is 10.2 Å². The van der Waals surface area contributed by atoms with E-state index in [9.17, 15) is 0 Å². The van der Waals surface area contributed by atoms with E-state index < -0.39 is 0 Å². The summed E-state index contributed by atoms with van der Waals surface area (Å²) in [5.74, 6) is 1.35. The van der Waals surface area contributed by atoms with Crippen LogP contribution in [0, 0.1) is 0 Å². The van der Waals surface area contributed by atoms with Crippen LogP contribution in [0.5, 0.6) is 11.5 Å². The van der Waals surface area contributed by atoms with Crippen molar-refractivity contribution in [1.29, 1.82) is 0 Å². The molecule has 0 atom stereocenters. The van der Waals surface area contributed by atoms with Gasteiger partial charge in [0.15, 0.2) is 11.5 Å². The second-order valence-corrected chi connectivity index (χ2v) is 9.91. The zero-order chi connectivity index (χ0) is 24.1. The van der Waals surface area contributed by atoms with E-state index in [0.717, 1.165) is 41.7 Å². The maximum Gasteiger partial charge on any atom is 0.175 e. The summed E-state index contributed by atoms with van der Waals surface area (Å²) in [5, 5.41) is 4.75. The van der Waals surface area contributed by atoms with E-state index in [-0.39, 0.29) is 0 Å². The van der Waals surface area contributed by atoms with E-state index in [4.69, 9.17) is 32.7 Å². The van der Waals surface area contributed by atoms with Crippen LogP contribution < -0.4 is 14.8 Å². The Morgan fingerprint density at radius 1 is 0.970 bits per heavy atom. The summed E-state index contributed by atoms with van der Waals surface area (Å²) >= 11 is 15.9. The third-order valence-electron chi connectivity index (χ3n) is 5.49. The SMILES string of the molecule is CCCCN(CCCC)CCCNCc1cc(Br)c(OCc2ccc(Cl)cc2Cl)c(OC)c1. The molecule has 0 amide bonds. The van der Waals surface area contributed by atoms with Gasteiger partial charge in [0, 0.05) is 22.2 Å². The molecule has 33 heavy (non-hydrogen) atoms. The third-order valence-corrected chi connectivity index (χ3v) is 6.67. The van der Waals surface area contributed by atoms with Gasteiger partial charge in [-0.25, -0.2) is 0 Å². The van der Waals surface area contributed by atoms with Gasteiger partial charge in [0.1, 0.15) is 6.61 Å². The Hall–Kier alpha value is -0.980. The van der Waals surface area contributed by atoms with Crippen LogP contribution in [0.2, 0.25) is 10.0 Å². The van der Waals surface area contributed by atoms with Crippen molar-refractivity contribution in [2.75, 3.05) is 33.3 Å². The molecule has 2 rings (SSSR count). The Morgan fingerprint density at radius 3 is 2.30 bits per heavy atom. The van der Waals surface area contributed by atoms with E-state index in [1.54, 1.807) is 19.2 Å². The number of ether oxygens (including phenoxy) is 2. The normalized spacial score (nSPS) is 11.2. The highest BCUT2D eigenvalue weighted by molar-refractivity contribution is 9.10. The summed E-state index contributed by atoms with van der Waals surface area (Å²) in [6, 6.07) is 9.49. The van der Waals surface area contributed by atoms with E-state index in [1.807, 2.05) is 12.1 Å². The molecule has 0 heterocycles. The first-order valence-electron chi connectivity index (χ1n) is 11.8. The number of rotatable bonds is 16. The van der Waals surface area contributed by atoms with E-state index in [1.165, 1.54) is 38.8 Å². The maximum atomic E-state index is 6.27. The van der Waals surface area contributed by atoms with Gasteiger partial charge in [-0.2, -0.15) is 0 Å². The summed E-state index contributed by atoms with van der Waals surface area (Å²) in [6.45, 7) is 10.2. The molecule has 0 bridgehead atoms. The zero-order valence-electron chi connectivity index (χ0n) is 20.1. The number of hydrogen-bond donors (Lipinski definition) is 1. The molecule has 184 valence electrons. The lowest BCUT2D eigenvalue weighted by atomic mass is 10.2. The van der Waals surface area contributed by atoms with Crippen molar-refractivity contribution in [2.24, 2.45) is 0 Å². The van der Waals surface area contributed by atoms with Gasteiger partial charge in [-0.15, -0.1) is 0 Å². The first-order chi connectivity index (χ1) is 16.0. The highest BCUT2D eigenvalue weighted by atomic mass is 79.9. The van der Waals surface area contributed by atoms with Gasteiger partial charge >= 0.3 is 0 Å². The van der Waals surface area contributed by atoms with Crippen LogP contribution in [0.4, 0.5) is 0 Å². The molecule has 0 aromatic heterocycles. The van der Waals surface area contributed by atoms with E-state index in [0.29, 0.717) is 28.2 Å². The van der Waals surface area contributed by atoms with Gasteiger partial charge in [-0.05, 0) is 91.2 Å². The monoisotopic (exact) mass is 558 g/mol. The molecule has 0 aliphatic heterocycles. The summed E-state index contributed by atoms with van der Waals surface area (Å²) in [6.07, 6.45) is 6.22. The van der Waals surface area contributed by atoms with Gasteiger partial charge < -0.3 is 19.7 Å². The fourth-order valence-electron chi connectivity index (χ4n) is 3.56. The molecule has 0 fully saturated rings. The van der Waals surface area contributed by atoms with Crippen LogP contribution in [0.25, 0.3) is 0 Å². The molecule has 0 aliphatic carbocycles. The summed E-state index contributed by atoms with van der Waals surface area (Å²) in [5.41, 5.74) is 2.01. The zero-order valence-corrected chi connectivity index (χ0v) is 23.2. The van der Waals surface area contributed by atoms with Crippen LogP contribution >= 0.6 is 39.1 Å². The number of hydrogen-bond acceptors (Lipinski definition) is 4. The molecular weight excluding hydrogens is 523 g/mol. The number of benzene rings is 2. The smallest absolute Gasteiger partial charge is 0.175 e. The van der Waals surface area contributed by atoms with Crippen molar-refractivity contribution in [3.05, 3.63) is 56.0 Å². The Morgan fingerprint density at radius 2 is 1.67 bits per heavy atom. The number of methoxy groups -OCH3 is 1. The molecular formula is C26H37BrCl2N2O2. The molecule has 2 aromatic rings. The van der Waals surface area contributed by atoms with Gasteiger partial charge in [-0.1, -0.05) is 56.0 Å². The molecule has 0 saturated heterocycles. The molecule has 0 aliphatic rings. The van der Waals surface area contributed by atoms with Gasteiger partial charge in [-0.3, -0.25) is 0 Å². The summed E-state index contributed by atoms with van der Waals surface area (Å²) in [7, 11) is 1.66. The van der Waals surface area contributed by atoms with Crippen molar-refractivity contribution >= 4 is 39.1 Å². The highest BCUT2D eigenvalue weighted by Gasteiger charge is 2.13. The molecule has 7 heteroatoms. The average Bonchev–Trinajstić information content (AvgIpc) is 2.80. The minimum absolute atomic E-state index is 0.328. The lowest BCUT2D eigenvalue weighted by Crippen LogP contribution is -2.29. The summed E-state index contributed by atoms with van der Waals surface area (Å²) in [4.78, 5) is 2.60. The molecule has 0 unspecified atom stereocenters. The topological polar surface area (TPSA) is 33.7 Å². The van der Waals surface area contributed by atoms with Gasteiger partial charge in [0.05, 0.1) is 11.6 Å². The quantitative estimate of drug-likeness (QED) is 0.213. The second-order valence-electron chi connectivity index (χ2n) is 8.21. The van der Waals surface area contributed by atoms with Crippen molar-refractivity contribution in [3.8, 4) is 11.5 Å². The Bertz CT molecular complexity index is 843. The number of halogens is 3. The molecule has 2 aromatic carbocycles. The largest absolute Gasteiger partial charge is 0.493 e.